The summed E-state index contributed by atoms with van der Waals surface area (Å²) in [5.41, 5.74) is 6.43. The van der Waals surface area contributed by atoms with Crippen LogP contribution in [0.2, 0.25) is 0 Å². The fourth-order valence-corrected chi connectivity index (χ4v) is 4.18. The van der Waals surface area contributed by atoms with Crippen molar-refractivity contribution < 1.29 is 0 Å². The first-order valence-electron chi connectivity index (χ1n) is 7.54. The molecule has 2 heteroatoms. The van der Waals surface area contributed by atoms with Gasteiger partial charge in [0.2, 0.25) is 0 Å². The van der Waals surface area contributed by atoms with Gasteiger partial charge in [0, 0.05) is 17.6 Å². The molecule has 1 aromatic carbocycles. The van der Waals surface area contributed by atoms with Gasteiger partial charge in [-0.15, -0.1) is 0 Å². The van der Waals surface area contributed by atoms with Gasteiger partial charge < -0.3 is 9.47 Å². The lowest BCUT2D eigenvalue weighted by Gasteiger charge is -2.23. The Bertz CT molecular complexity index is 636. The van der Waals surface area contributed by atoms with Gasteiger partial charge in [-0.05, 0) is 57.3 Å². The average molecular weight is 254 g/mol. The monoisotopic (exact) mass is 254 g/mol. The zero-order chi connectivity index (χ0) is 13.0. The molecule has 0 N–H and O–H groups in total. The molecule has 0 spiro atoms. The second-order valence-corrected chi connectivity index (χ2v) is 6.44. The Morgan fingerprint density at radius 2 is 2.05 bits per heavy atom. The predicted octanol–water partition coefficient (Wildman–Crippen LogP) is 3.18. The van der Waals surface area contributed by atoms with Crippen LogP contribution in [0.4, 0.5) is 0 Å². The maximum absolute atomic E-state index is 2.69. The topological polar surface area (TPSA) is 8.17 Å². The minimum Gasteiger partial charge on any atom is -0.339 e. The first kappa shape index (κ1) is 11.5. The lowest BCUT2D eigenvalue weighted by atomic mass is 9.94. The molecule has 0 amide bonds. The zero-order valence-corrected chi connectivity index (χ0v) is 11.9. The Morgan fingerprint density at radius 3 is 2.89 bits per heavy atom. The highest BCUT2D eigenvalue weighted by molar-refractivity contribution is 5.90. The van der Waals surface area contributed by atoms with Crippen LogP contribution in [0.25, 0.3) is 10.9 Å². The van der Waals surface area contributed by atoms with E-state index in [1.807, 2.05) is 0 Å². The van der Waals surface area contributed by atoms with E-state index in [9.17, 15) is 0 Å². The van der Waals surface area contributed by atoms with Gasteiger partial charge in [0.15, 0.2) is 0 Å². The lowest BCUT2D eigenvalue weighted by molar-refractivity contribution is 0.328. The van der Waals surface area contributed by atoms with Crippen molar-refractivity contribution >= 4 is 10.9 Å². The first-order chi connectivity index (χ1) is 9.25. The number of nitrogens with zero attached hydrogens (tertiary/aromatic N) is 2. The molecule has 1 aliphatic heterocycles. The molecule has 19 heavy (non-hydrogen) atoms. The van der Waals surface area contributed by atoms with Gasteiger partial charge in [0.05, 0.1) is 11.6 Å². The molecule has 2 aliphatic rings. The molecule has 0 saturated carbocycles. The first-order valence-corrected chi connectivity index (χ1v) is 7.54. The quantitative estimate of drug-likeness (QED) is 0.799. The van der Waals surface area contributed by atoms with Crippen molar-refractivity contribution in [2.75, 3.05) is 20.6 Å². The molecule has 100 valence electrons. The van der Waals surface area contributed by atoms with Gasteiger partial charge in [-0.25, -0.2) is 0 Å². The highest BCUT2D eigenvalue weighted by Gasteiger charge is 2.30. The van der Waals surface area contributed by atoms with Gasteiger partial charge >= 0.3 is 0 Å². The molecular weight excluding hydrogens is 232 g/mol. The number of aromatic nitrogens is 1. The number of benzene rings is 1. The number of likely N-dealkylation sites (N-methyl/N-ethyl adjacent to an activating group) is 1. The van der Waals surface area contributed by atoms with E-state index in [0.29, 0.717) is 6.04 Å². The standard InChI is InChI=1S/C17H22N2/c1-18(2)11-13-10-12-6-5-8-15-14-7-3-4-9-16(14)19(13)17(12)15/h5-6,8,13H,3-4,7,9-11H2,1-2H3/t13-/m1/s1. The zero-order valence-electron chi connectivity index (χ0n) is 11.9. The molecule has 1 atom stereocenters. The van der Waals surface area contributed by atoms with E-state index >= 15 is 0 Å². The van der Waals surface area contributed by atoms with Gasteiger partial charge in [0.25, 0.3) is 0 Å². The molecular formula is C17H22N2. The molecule has 1 aromatic heterocycles. The molecule has 0 fully saturated rings. The smallest absolute Gasteiger partial charge is 0.0521 e. The number of rotatable bonds is 2. The summed E-state index contributed by atoms with van der Waals surface area (Å²) in [5, 5.41) is 1.55. The normalized spacial score (nSPS) is 21.3. The van der Waals surface area contributed by atoms with E-state index in [4.69, 9.17) is 0 Å². The number of hydrogen-bond acceptors (Lipinski definition) is 1. The summed E-state index contributed by atoms with van der Waals surface area (Å²) >= 11 is 0. The Morgan fingerprint density at radius 1 is 1.21 bits per heavy atom. The van der Waals surface area contributed by atoms with E-state index in [0.717, 1.165) is 6.54 Å². The van der Waals surface area contributed by atoms with Crippen LogP contribution in [-0.2, 0) is 19.3 Å². The largest absolute Gasteiger partial charge is 0.339 e. The summed E-state index contributed by atoms with van der Waals surface area (Å²) in [6.07, 6.45) is 6.53. The maximum Gasteiger partial charge on any atom is 0.0521 e. The fraction of sp³-hybridized carbons (Fsp3) is 0.529. The second kappa shape index (κ2) is 4.11. The minimum absolute atomic E-state index is 0.650. The number of aryl methyl sites for hydroxylation is 1. The van der Waals surface area contributed by atoms with Crippen molar-refractivity contribution in [2.45, 2.75) is 38.1 Å². The van der Waals surface area contributed by atoms with Gasteiger partial charge in [-0.3, -0.25) is 0 Å². The molecule has 1 aliphatic carbocycles. The van der Waals surface area contributed by atoms with E-state index < -0.39 is 0 Å². The van der Waals surface area contributed by atoms with Crippen molar-refractivity contribution in [3.63, 3.8) is 0 Å². The van der Waals surface area contributed by atoms with Crippen LogP contribution in [0.15, 0.2) is 18.2 Å². The molecule has 0 saturated heterocycles. The van der Waals surface area contributed by atoms with Crippen molar-refractivity contribution in [3.05, 3.63) is 35.0 Å². The fourth-order valence-electron chi connectivity index (χ4n) is 4.18. The SMILES string of the molecule is CN(C)C[C@H]1Cc2cccc3c4c(n1c23)CCCC4. The van der Waals surface area contributed by atoms with Gasteiger partial charge in [-0.2, -0.15) is 0 Å². The van der Waals surface area contributed by atoms with Crippen LogP contribution in [-0.4, -0.2) is 30.1 Å². The third kappa shape index (κ3) is 1.59. The molecule has 4 rings (SSSR count). The molecule has 2 nitrogen and oxygen atoms in total. The third-order valence-corrected chi connectivity index (χ3v) is 4.81. The third-order valence-electron chi connectivity index (χ3n) is 4.81. The van der Waals surface area contributed by atoms with Crippen LogP contribution >= 0.6 is 0 Å². The molecule has 0 radical (unpaired) electrons. The van der Waals surface area contributed by atoms with Crippen molar-refractivity contribution in [3.8, 4) is 0 Å². The average Bonchev–Trinajstić information content (AvgIpc) is 2.91. The Kier molecular flexibility index (Phi) is 2.49. The highest BCUT2D eigenvalue weighted by Crippen LogP contribution is 2.41. The van der Waals surface area contributed by atoms with Crippen molar-refractivity contribution in [1.29, 1.82) is 0 Å². The number of hydrogen-bond donors (Lipinski definition) is 0. The Hall–Kier alpha value is -1.28. The highest BCUT2D eigenvalue weighted by atomic mass is 15.1. The summed E-state index contributed by atoms with van der Waals surface area (Å²) in [7, 11) is 4.38. The summed E-state index contributed by atoms with van der Waals surface area (Å²) in [4.78, 5) is 2.33. The van der Waals surface area contributed by atoms with Crippen LogP contribution in [0, 0.1) is 0 Å². The number of fused-ring (bicyclic) bond motifs is 3. The molecule has 2 heterocycles. The number of para-hydroxylation sites is 1. The van der Waals surface area contributed by atoms with Crippen molar-refractivity contribution in [2.24, 2.45) is 0 Å². The Balaban J connectivity index is 1.95. The Labute approximate surface area is 115 Å². The summed E-state index contributed by atoms with van der Waals surface area (Å²) in [6, 6.07) is 7.59. The van der Waals surface area contributed by atoms with Gasteiger partial charge in [-0.1, -0.05) is 18.2 Å². The van der Waals surface area contributed by atoms with Crippen LogP contribution in [0.1, 0.15) is 35.7 Å². The van der Waals surface area contributed by atoms with E-state index in [2.05, 4.69) is 41.8 Å². The van der Waals surface area contributed by atoms with Crippen LogP contribution < -0.4 is 0 Å². The lowest BCUT2D eigenvalue weighted by Crippen LogP contribution is -2.25. The van der Waals surface area contributed by atoms with Crippen LogP contribution in [0.3, 0.4) is 0 Å². The predicted molar refractivity (Wildman–Crippen MR) is 79.9 cm³/mol. The maximum atomic E-state index is 2.69. The van der Waals surface area contributed by atoms with E-state index in [1.165, 1.54) is 32.1 Å². The summed E-state index contributed by atoms with van der Waals surface area (Å²) in [6.45, 7) is 1.16. The summed E-state index contributed by atoms with van der Waals surface area (Å²) in [5.74, 6) is 0. The second-order valence-electron chi connectivity index (χ2n) is 6.44. The van der Waals surface area contributed by atoms with Gasteiger partial charge in [0.1, 0.15) is 0 Å². The minimum atomic E-state index is 0.650. The molecule has 0 bridgehead atoms. The molecule has 2 aromatic rings. The van der Waals surface area contributed by atoms with Crippen molar-refractivity contribution in [1.82, 2.24) is 9.47 Å². The van der Waals surface area contributed by atoms with E-state index in [1.54, 1.807) is 27.7 Å². The van der Waals surface area contributed by atoms with Crippen LogP contribution in [0.5, 0.6) is 0 Å². The molecule has 0 unspecified atom stereocenters. The van der Waals surface area contributed by atoms with E-state index in [-0.39, 0.29) is 0 Å². The summed E-state index contributed by atoms with van der Waals surface area (Å²) < 4.78 is 2.69.